The van der Waals surface area contributed by atoms with E-state index in [9.17, 15) is 38.9 Å². The zero-order valence-corrected chi connectivity index (χ0v) is 25.4. The number of nitro benzene ring substituents is 1. The fraction of sp³-hybridized carbons (Fsp3) is 0.556. The van der Waals surface area contributed by atoms with Gasteiger partial charge in [-0.25, -0.2) is 0 Å². The minimum atomic E-state index is -1.07. The van der Waals surface area contributed by atoms with Gasteiger partial charge in [0.25, 0.3) is 11.6 Å². The van der Waals surface area contributed by atoms with Gasteiger partial charge in [0.2, 0.25) is 23.6 Å². The number of nitrogens with one attached hydrogen (secondary N) is 2. The number of nitro groups is 1. The van der Waals surface area contributed by atoms with Crippen molar-refractivity contribution in [2.24, 2.45) is 5.73 Å². The molecule has 4 atom stereocenters. The molecule has 0 saturated carbocycles. The molecule has 0 aliphatic carbocycles. The maximum atomic E-state index is 14.0. The van der Waals surface area contributed by atoms with Crippen LogP contribution in [0.4, 0.5) is 11.4 Å². The largest absolute Gasteiger partial charge is 0.469 e. The summed E-state index contributed by atoms with van der Waals surface area (Å²) in [5.74, 6) is -3.15. The first-order valence-corrected chi connectivity index (χ1v) is 15.0. The van der Waals surface area contributed by atoms with Crippen LogP contribution in [0.15, 0.2) is 24.3 Å². The molecule has 0 spiro atoms. The number of non-ortho nitro benzene ring substituents is 1. The van der Waals surface area contributed by atoms with Gasteiger partial charge in [0.05, 0.1) is 18.5 Å². The number of amides is 5. The van der Waals surface area contributed by atoms with Gasteiger partial charge in [0, 0.05) is 30.8 Å². The first kappa shape index (κ1) is 35.0. The molecular formula is C27H38N6O9S. The molecule has 43 heavy (non-hydrogen) atoms. The lowest BCUT2D eigenvalue weighted by molar-refractivity contribution is -0.384. The van der Waals surface area contributed by atoms with Crippen LogP contribution in [0, 0.1) is 10.1 Å². The molecule has 0 aromatic heterocycles. The standard InChI is InChI=1S/C27H38N6O9S/c1-16(29-22(34)11-12-23(35)42-3)25(37)30-17(2)26(38)31-14-5-6-21(31)27(39)32(20(24(28)36)13-15-43-4)18-7-9-19(10-8-18)33(40)41/h7-10,16-17,20-21H,5-6,11-15H2,1-4H3,(H2,28,36)(H,29,34)(H,30,37)/t16-,17-,20-,21-/m0/s1. The second-order valence-corrected chi connectivity index (χ2v) is 11.0. The second kappa shape index (κ2) is 16.4. The topological polar surface area (TPSA) is 211 Å². The van der Waals surface area contributed by atoms with Gasteiger partial charge >= 0.3 is 5.97 Å². The molecule has 1 aliphatic heterocycles. The number of nitrogens with zero attached hydrogens (tertiary/aromatic N) is 3. The van der Waals surface area contributed by atoms with Gasteiger partial charge in [-0.2, -0.15) is 11.8 Å². The van der Waals surface area contributed by atoms with Crippen LogP contribution >= 0.6 is 11.8 Å². The van der Waals surface area contributed by atoms with Crippen LogP contribution < -0.4 is 21.3 Å². The number of esters is 1. The molecule has 2 rings (SSSR count). The van der Waals surface area contributed by atoms with Crippen LogP contribution in [-0.2, 0) is 33.5 Å². The van der Waals surface area contributed by atoms with E-state index >= 15 is 0 Å². The van der Waals surface area contributed by atoms with E-state index in [1.807, 2.05) is 6.26 Å². The third kappa shape index (κ3) is 9.66. The number of hydrogen-bond donors (Lipinski definition) is 3. The summed E-state index contributed by atoms with van der Waals surface area (Å²) in [7, 11) is 1.20. The van der Waals surface area contributed by atoms with E-state index in [4.69, 9.17) is 5.73 Å². The predicted octanol–water partition coefficient (Wildman–Crippen LogP) is 0.488. The molecule has 236 valence electrons. The van der Waals surface area contributed by atoms with Crippen molar-refractivity contribution in [1.29, 1.82) is 0 Å². The Kier molecular flexibility index (Phi) is 13.4. The third-order valence-corrected chi connectivity index (χ3v) is 7.56. The number of hydrogen-bond acceptors (Lipinski definition) is 10. The van der Waals surface area contributed by atoms with E-state index in [0.29, 0.717) is 12.2 Å². The molecule has 5 amide bonds. The zero-order valence-electron chi connectivity index (χ0n) is 24.6. The molecule has 0 bridgehead atoms. The summed E-state index contributed by atoms with van der Waals surface area (Å²) < 4.78 is 4.49. The average Bonchev–Trinajstić information content (AvgIpc) is 3.47. The molecule has 1 fully saturated rings. The summed E-state index contributed by atoms with van der Waals surface area (Å²) in [6, 6.07) is 1.02. The summed E-state index contributed by atoms with van der Waals surface area (Å²) >= 11 is 1.45. The fourth-order valence-corrected chi connectivity index (χ4v) is 5.08. The monoisotopic (exact) mass is 622 g/mol. The Hall–Kier alpha value is -4.21. The van der Waals surface area contributed by atoms with Gasteiger partial charge in [-0.15, -0.1) is 0 Å². The van der Waals surface area contributed by atoms with Gasteiger partial charge < -0.3 is 26.0 Å². The van der Waals surface area contributed by atoms with Crippen LogP contribution in [0.3, 0.4) is 0 Å². The van der Waals surface area contributed by atoms with Crippen LogP contribution in [0.25, 0.3) is 0 Å². The summed E-state index contributed by atoms with van der Waals surface area (Å²) in [6.07, 6.45) is 2.49. The number of benzene rings is 1. The highest BCUT2D eigenvalue weighted by Crippen LogP contribution is 2.28. The first-order valence-electron chi connectivity index (χ1n) is 13.6. The Morgan fingerprint density at radius 3 is 2.33 bits per heavy atom. The molecule has 16 heteroatoms. The molecule has 0 unspecified atom stereocenters. The maximum absolute atomic E-state index is 14.0. The predicted molar refractivity (Wildman–Crippen MR) is 158 cm³/mol. The van der Waals surface area contributed by atoms with E-state index < -0.39 is 64.6 Å². The number of carbonyl (C=O) groups is 6. The molecule has 1 aliphatic rings. The van der Waals surface area contributed by atoms with Crippen molar-refractivity contribution in [2.75, 3.05) is 30.6 Å². The lowest BCUT2D eigenvalue weighted by Gasteiger charge is -2.35. The van der Waals surface area contributed by atoms with Crippen molar-refractivity contribution in [3.63, 3.8) is 0 Å². The van der Waals surface area contributed by atoms with Crippen molar-refractivity contribution in [3.8, 4) is 0 Å². The Morgan fingerprint density at radius 1 is 1.12 bits per heavy atom. The number of carbonyl (C=O) groups excluding carboxylic acids is 6. The van der Waals surface area contributed by atoms with Crippen molar-refractivity contribution < 1.29 is 38.4 Å². The smallest absolute Gasteiger partial charge is 0.306 e. The van der Waals surface area contributed by atoms with E-state index in [-0.39, 0.29) is 43.6 Å². The second-order valence-electron chi connectivity index (χ2n) is 9.97. The molecule has 1 aromatic carbocycles. The minimum Gasteiger partial charge on any atom is -0.469 e. The third-order valence-electron chi connectivity index (χ3n) is 6.92. The van der Waals surface area contributed by atoms with Gasteiger partial charge in [-0.1, -0.05) is 0 Å². The normalized spacial score (nSPS) is 16.4. The number of likely N-dealkylation sites (tertiary alicyclic amines) is 1. The van der Waals surface area contributed by atoms with Crippen LogP contribution in [0.1, 0.15) is 46.0 Å². The van der Waals surface area contributed by atoms with Gasteiger partial charge in [-0.3, -0.25) is 43.8 Å². The number of methoxy groups -OCH3 is 1. The molecule has 1 aromatic rings. The summed E-state index contributed by atoms with van der Waals surface area (Å²) in [5.41, 5.74) is 5.72. The Balaban J connectivity index is 2.21. The van der Waals surface area contributed by atoms with Crippen molar-refractivity contribution >= 4 is 58.6 Å². The van der Waals surface area contributed by atoms with Crippen molar-refractivity contribution in [1.82, 2.24) is 15.5 Å². The molecule has 15 nitrogen and oxygen atoms in total. The highest BCUT2D eigenvalue weighted by molar-refractivity contribution is 7.98. The molecule has 0 radical (unpaired) electrons. The average molecular weight is 623 g/mol. The first-order chi connectivity index (χ1) is 20.3. The molecular weight excluding hydrogens is 584 g/mol. The highest BCUT2D eigenvalue weighted by atomic mass is 32.2. The molecule has 4 N–H and O–H groups in total. The molecule has 1 heterocycles. The van der Waals surface area contributed by atoms with E-state index in [1.54, 1.807) is 0 Å². The zero-order chi connectivity index (χ0) is 32.3. The summed E-state index contributed by atoms with van der Waals surface area (Å²) in [5, 5.41) is 16.2. The van der Waals surface area contributed by atoms with E-state index in [0.717, 1.165) is 0 Å². The van der Waals surface area contributed by atoms with E-state index in [1.165, 1.54) is 66.8 Å². The molecule has 1 saturated heterocycles. The summed E-state index contributed by atoms with van der Waals surface area (Å²) in [6.45, 7) is 3.09. The fourth-order valence-electron chi connectivity index (χ4n) is 4.62. The number of anilines is 1. The maximum Gasteiger partial charge on any atom is 0.306 e. The van der Waals surface area contributed by atoms with Crippen LogP contribution in [-0.4, -0.2) is 95.2 Å². The van der Waals surface area contributed by atoms with Gasteiger partial charge in [0.15, 0.2) is 0 Å². The number of thioether (sulfide) groups is 1. The minimum absolute atomic E-state index is 0.152. The van der Waals surface area contributed by atoms with Crippen molar-refractivity contribution in [2.45, 2.75) is 70.1 Å². The Labute approximate surface area is 253 Å². The van der Waals surface area contributed by atoms with E-state index in [2.05, 4.69) is 15.4 Å². The van der Waals surface area contributed by atoms with Crippen molar-refractivity contribution in [3.05, 3.63) is 34.4 Å². The number of rotatable bonds is 15. The summed E-state index contributed by atoms with van der Waals surface area (Å²) in [4.78, 5) is 89.0. The Morgan fingerprint density at radius 2 is 1.77 bits per heavy atom. The lowest BCUT2D eigenvalue weighted by atomic mass is 10.1. The number of ether oxygens (including phenoxy) is 1. The van der Waals surface area contributed by atoms with Gasteiger partial charge in [-0.05, 0) is 57.3 Å². The quantitative estimate of drug-likeness (QED) is 0.140. The number of nitrogens with two attached hydrogens (primary N) is 1. The lowest BCUT2D eigenvalue weighted by Crippen LogP contribution is -2.58. The Bertz CT molecular complexity index is 1210. The van der Waals surface area contributed by atoms with Crippen LogP contribution in [0.2, 0.25) is 0 Å². The SMILES string of the molecule is COC(=O)CCC(=O)N[C@@H](C)C(=O)N[C@@H](C)C(=O)N1CCC[C@H]1C(=O)N(c1ccc([N+](=O)[O-])cc1)[C@@H](CCSC)C(N)=O. The van der Waals surface area contributed by atoms with Gasteiger partial charge in [0.1, 0.15) is 24.2 Å². The van der Waals surface area contributed by atoms with Crippen LogP contribution in [0.5, 0.6) is 0 Å². The number of primary amides is 1. The highest BCUT2D eigenvalue weighted by Gasteiger charge is 2.42.